The van der Waals surface area contributed by atoms with E-state index in [0.29, 0.717) is 0 Å². The van der Waals surface area contributed by atoms with Crippen LogP contribution in [0.4, 0.5) is 0 Å². The smallest absolute Gasteiger partial charge is 0.236 e. The van der Waals surface area contributed by atoms with Crippen molar-refractivity contribution in [1.29, 1.82) is 0 Å². The number of hydrogen-bond donors (Lipinski definition) is 0. The van der Waals surface area contributed by atoms with Crippen LogP contribution >= 0.6 is 0 Å². The zero-order valence-electron chi connectivity index (χ0n) is 24.1. The summed E-state index contributed by atoms with van der Waals surface area (Å²) in [7, 11) is 2.09. The molecule has 0 aliphatic carbocycles. The number of methoxy groups -OCH3 is 4. The fourth-order valence-corrected chi connectivity index (χ4v) is 13.0. The van der Waals surface area contributed by atoms with Crippen molar-refractivity contribution in [2.24, 2.45) is 0 Å². The van der Waals surface area contributed by atoms with Crippen LogP contribution in [0.1, 0.15) is 22.3 Å². The van der Waals surface area contributed by atoms with E-state index in [1.807, 2.05) is 0 Å². The first-order chi connectivity index (χ1) is 18.9. The maximum atomic E-state index is 7.54. The third-order valence-electron chi connectivity index (χ3n) is 7.19. The second kappa shape index (κ2) is 12.6. The Morgan fingerprint density at radius 2 is 0.615 bits per heavy atom. The normalized spacial score (nSPS) is 11.1. The molecule has 204 valence electrons. The molecule has 4 aromatic carbocycles. The SMILES string of the molecule is COc1c(C)cccc1[SiH](O[SiH](c1cccc(C)c1OC)c1cccc(C)c1OC)c1cccc(C)c1OC. The molecule has 0 atom stereocenters. The molecule has 5 nitrogen and oxygen atoms in total. The highest BCUT2D eigenvalue weighted by Crippen LogP contribution is 2.23. The average molecular weight is 559 g/mol. The van der Waals surface area contributed by atoms with E-state index in [1.165, 1.54) is 0 Å². The van der Waals surface area contributed by atoms with Crippen molar-refractivity contribution in [1.82, 2.24) is 0 Å². The fraction of sp³-hybridized carbons (Fsp3) is 0.250. The highest BCUT2D eigenvalue weighted by Gasteiger charge is 2.34. The van der Waals surface area contributed by atoms with Crippen molar-refractivity contribution in [3.8, 4) is 23.0 Å². The Labute approximate surface area is 235 Å². The van der Waals surface area contributed by atoms with Gasteiger partial charge in [0.1, 0.15) is 23.0 Å². The first-order valence-electron chi connectivity index (χ1n) is 13.1. The minimum Gasteiger partial charge on any atom is -0.497 e. The molecule has 0 spiro atoms. The molecule has 0 bridgehead atoms. The molecule has 39 heavy (non-hydrogen) atoms. The monoisotopic (exact) mass is 558 g/mol. The van der Waals surface area contributed by atoms with E-state index in [2.05, 4.69) is 100 Å². The number of benzene rings is 4. The highest BCUT2D eigenvalue weighted by molar-refractivity contribution is 6.93. The standard InChI is InChI=1S/C32H38O5Si2/c1-21-13-9-17-25(29(21)33-5)38(26-18-10-14-22(2)30(26)34-6)37-39(27-19-11-15-23(3)31(27)35-7)28-20-12-16-24(4)32(28)36-8/h9-20,38-39H,1-8H3. The van der Waals surface area contributed by atoms with Crippen LogP contribution in [-0.2, 0) is 4.12 Å². The van der Waals surface area contributed by atoms with Crippen molar-refractivity contribution >= 4 is 38.8 Å². The maximum absolute atomic E-state index is 7.54. The quantitative estimate of drug-likeness (QED) is 0.280. The fourth-order valence-electron chi connectivity index (χ4n) is 5.41. The van der Waals surface area contributed by atoms with Gasteiger partial charge in [-0.15, -0.1) is 0 Å². The molecule has 0 aromatic heterocycles. The van der Waals surface area contributed by atoms with Crippen LogP contribution in [0.3, 0.4) is 0 Å². The van der Waals surface area contributed by atoms with Crippen molar-refractivity contribution < 1.29 is 23.1 Å². The molecule has 4 rings (SSSR count). The lowest BCUT2D eigenvalue weighted by molar-refractivity contribution is 0.410. The van der Waals surface area contributed by atoms with Crippen LogP contribution in [-0.4, -0.2) is 46.5 Å². The minimum atomic E-state index is -2.41. The third-order valence-corrected chi connectivity index (χ3v) is 13.4. The Bertz CT molecular complexity index is 1240. The minimum absolute atomic E-state index is 0.859. The van der Waals surface area contributed by atoms with Gasteiger partial charge >= 0.3 is 0 Å². The summed E-state index contributed by atoms with van der Waals surface area (Å²) in [5.74, 6) is 3.44. The van der Waals surface area contributed by atoms with Gasteiger partial charge in [-0.05, 0) is 49.9 Å². The van der Waals surface area contributed by atoms with Crippen LogP contribution in [0.5, 0.6) is 23.0 Å². The molecule has 0 aliphatic rings. The van der Waals surface area contributed by atoms with Gasteiger partial charge in [0.25, 0.3) is 0 Å². The van der Waals surface area contributed by atoms with Crippen LogP contribution in [0.15, 0.2) is 72.8 Å². The predicted molar refractivity (Wildman–Crippen MR) is 165 cm³/mol. The molecule has 0 unspecified atom stereocenters. The van der Waals surface area contributed by atoms with E-state index in [1.54, 1.807) is 28.4 Å². The summed E-state index contributed by atoms with van der Waals surface area (Å²) in [5, 5.41) is 4.32. The van der Waals surface area contributed by atoms with Gasteiger partial charge < -0.3 is 23.1 Å². The molecule has 4 aromatic rings. The second-order valence-electron chi connectivity index (χ2n) is 9.69. The van der Waals surface area contributed by atoms with Crippen LogP contribution < -0.4 is 39.7 Å². The summed E-state index contributed by atoms with van der Waals surface area (Å²) in [6.07, 6.45) is 0. The molecule has 0 amide bonds. The van der Waals surface area contributed by atoms with Gasteiger partial charge in [0.2, 0.25) is 18.1 Å². The average Bonchev–Trinajstić information content (AvgIpc) is 2.93. The van der Waals surface area contributed by atoms with Crippen molar-refractivity contribution in [2.75, 3.05) is 28.4 Å². The summed E-state index contributed by atoms with van der Waals surface area (Å²) >= 11 is 0. The van der Waals surface area contributed by atoms with Crippen LogP contribution in [0.2, 0.25) is 0 Å². The molecule has 0 radical (unpaired) electrons. The number of hydrogen-bond acceptors (Lipinski definition) is 5. The first kappa shape index (κ1) is 28.5. The van der Waals surface area contributed by atoms with E-state index in [0.717, 1.165) is 66.0 Å². The van der Waals surface area contributed by atoms with Gasteiger partial charge in [-0.1, -0.05) is 72.8 Å². The summed E-state index contributed by atoms with van der Waals surface area (Å²) in [6, 6.07) is 25.2. The Hall–Kier alpha value is -3.53. The molecule has 0 saturated carbocycles. The van der Waals surface area contributed by atoms with E-state index in [4.69, 9.17) is 23.1 Å². The lowest BCUT2D eigenvalue weighted by atomic mass is 10.2. The van der Waals surface area contributed by atoms with Gasteiger partial charge in [0.05, 0.1) is 28.4 Å². The Morgan fingerprint density at radius 1 is 0.385 bits per heavy atom. The zero-order chi connectivity index (χ0) is 28.1. The Morgan fingerprint density at radius 3 is 0.821 bits per heavy atom. The van der Waals surface area contributed by atoms with Crippen molar-refractivity contribution in [2.45, 2.75) is 27.7 Å². The maximum Gasteiger partial charge on any atom is 0.236 e. The number of aryl methyl sites for hydroxylation is 4. The number of rotatable bonds is 10. The molecule has 0 N–H and O–H groups in total. The molecule has 0 heterocycles. The van der Waals surface area contributed by atoms with Gasteiger partial charge in [-0.2, -0.15) is 0 Å². The lowest BCUT2D eigenvalue weighted by Gasteiger charge is -2.29. The highest BCUT2D eigenvalue weighted by atomic mass is 28.4. The van der Waals surface area contributed by atoms with Gasteiger partial charge in [-0.3, -0.25) is 0 Å². The molecule has 0 aliphatic heterocycles. The number of ether oxygens (including phenoxy) is 4. The van der Waals surface area contributed by atoms with Gasteiger partial charge in [-0.25, -0.2) is 0 Å². The van der Waals surface area contributed by atoms with E-state index in [-0.39, 0.29) is 0 Å². The topological polar surface area (TPSA) is 46.2 Å². The Balaban J connectivity index is 2.04. The summed E-state index contributed by atoms with van der Waals surface area (Å²) in [4.78, 5) is 0. The molecular formula is C32H38O5Si2. The predicted octanol–water partition coefficient (Wildman–Crippen LogP) is 3.35. The zero-order valence-corrected chi connectivity index (χ0v) is 26.4. The first-order valence-corrected chi connectivity index (χ1v) is 16.3. The largest absolute Gasteiger partial charge is 0.497 e. The van der Waals surface area contributed by atoms with E-state index in [9.17, 15) is 0 Å². The summed E-state index contributed by atoms with van der Waals surface area (Å²) < 4.78 is 31.5. The molecule has 0 saturated heterocycles. The van der Waals surface area contributed by atoms with Crippen molar-refractivity contribution in [3.63, 3.8) is 0 Å². The molecule has 0 fully saturated rings. The van der Waals surface area contributed by atoms with Crippen LogP contribution in [0, 0.1) is 27.7 Å². The second-order valence-corrected chi connectivity index (χ2v) is 14.8. The van der Waals surface area contributed by atoms with Crippen molar-refractivity contribution in [3.05, 3.63) is 95.1 Å². The summed E-state index contributed by atoms with van der Waals surface area (Å²) in [5.41, 5.74) is 4.29. The third kappa shape index (κ3) is 5.61. The lowest BCUT2D eigenvalue weighted by Crippen LogP contribution is -2.57. The Kier molecular flexibility index (Phi) is 9.17. The summed E-state index contributed by atoms with van der Waals surface area (Å²) in [6.45, 7) is 8.29. The van der Waals surface area contributed by atoms with E-state index >= 15 is 0 Å². The van der Waals surface area contributed by atoms with Crippen LogP contribution in [0.25, 0.3) is 0 Å². The van der Waals surface area contributed by atoms with E-state index < -0.39 is 18.1 Å². The molecular weight excluding hydrogens is 521 g/mol. The number of para-hydroxylation sites is 4. The van der Waals surface area contributed by atoms with Gasteiger partial charge in [0, 0.05) is 20.7 Å². The molecule has 7 heteroatoms. The van der Waals surface area contributed by atoms with Gasteiger partial charge in [0.15, 0.2) is 0 Å².